The summed E-state index contributed by atoms with van der Waals surface area (Å²) in [5, 5.41) is 0. The van der Waals surface area contributed by atoms with Crippen LogP contribution < -0.4 is 4.72 Å². The van der Waals surface area contributed by atoms with E-state index < -0.39 is 10.0 Å². The first-order valence-corrected chi connectivity index (χ1v) is 7.63. The topological polar surface area (TPSA) is 55.4 Å². The molecule has 0 spiro atoms. The highest BCUT2D eigenvalue weighted by molar-refractivity contribution is 9.10. The number of hydrogen-bond donors (Lipinski definition) is 1. The molecule has 2 rings (SSSR count). The third-order valence-corrected chi connectivity index (χ3v) is 4.85. The van der Waals surface area contributed by atoms with Crippen molar-refractivity contribution in [2.75, 3.05) is 13.2 Å². The van der Waals surface area contributed by atoms with Gasteiger partial charge in [0.05, 0.1) is 11.5 Å². The van der Waals surface area contributed by atoms with E-state index in [1.165, 1.54) is 0 Å². The van der Waals surface area contributed by atoms with Gasteiger partial charge >= 0.3 is 0 Å². The summed E-state index contributed by atoms with van der Waals surface area (Å²) in [7, 11) is -3.46. The van der Waals surface area contributed by atoms with Crippen LogP contribution in [0.15, 0.2) is 27.6 Å². The minimum Gasteiger partial charge on any atom is -0.380 e. The molecular weight excluding hydrogens is 306 g/mol. The Morgan fingerprint density at radius 2 is 2.24 bits per heavy atom. The summed E-state index contributed by atoms with van der Waals surface area (Å²) < 4.78 is 32.9. The molecule has 0 bridgehead atoms. The van der Waals surface area contributed by atoms with E-state index in [0.717, 1.165) is 16.5 Å². The molecule has 0 saturated carbocycles. The fourth-order valence-electron chi connectivity index (χ4n) is 1.77. The number of ether oxygens (including phenoxy) is 1. The average molecular weight is 320 g/mol. The molecule has 1 aliphatic heterocycles. The maximum atomic E-state index is 12.2. The molecule has 1 atom stereocenters. The number of sulfonamides is 1. The first-order chi connectivity index (χ1) is 7.99. The summed E-state index contributed by atoms with van der Waals surface area (Å²) in [4.78, 5) is 0.318. The van der Waals surface area contributed by atoms with Crippen LogP contribution in [0.25, 0.3) is 0 Å². The highest BCUT2D eigenvalue weighted by atomic mass is 79.9. The normalized spacial score (nSPS) is 20.7. The number of rotatable bonds is 3. The summed E-state index contributed by atoms with van der Waals surface area (Å²) in [6, 6.07) is 5.11. The molecule has 1 saturated heterocycles. The third-order valence-electron chi connectivity index (χ3n) is 2.69. The number of nitrogens with one attached hydrogen (secondary N) is 1. The van der Waals surface area contributed by atoms with Crippen molar-refractivity contribution in [3.8, 4) is 0 Å². The van der Waals surface area contributed by atoms with Crippen molar-refractivity contribution in [3.63, 3.8) is 0 Å². The van der Waals surface area contributed by atoms with Crippen molar-refractivity contribution in [1.29, 1.82) is 0 Å². The monoisotopic (exact) mass is 319 g/mol. The number of aryl methyl sites for hydroxylation is 1. The standard InChI is InChI=1S/C11H14BrNO3S/c1-8-2-3-9(12)6-11(8)17(14,15)13-10-4-5-16-7-10/h2-3,6,10,13H,4-5,7H2,1H3. The van der Waals surface area contributed by atoms with Crippen LogP contribution in [-0.2, 0) is 14.8 Å². The van der Waals surface area contributed by atoms with E-state index in [4.69, 9.17) is 4.74 Å². The molecule has 1 aliphatic rings. The fourth-order valence-corrected chi connectivity index (χ4v) is 3.81. The van der Waals surface area contributed by atoms with Crippen LogP contribution in [-0.4, -0.2) is 27.7 Å². The molecule has 1 fully saturated rings. The van der Waals surface area contributed by atoms with Crippen molar-refractivity contribution in [1.82, 2.24) is 4.72 Å². The zero-order valence-corrected chi connectivity index (χ0v) is 11.8. The molecular formula is C11H14BrNO3S. The molecule has 1 heterocycles. The van der Waals surface area contributed by atoms with E-state index in [0.29, 0.717) is 18.1 Å². The van der Waals surface area contributed by atoms with Crippen LogP contribution >= 0.6 is 15.9 Å². The lowest BCUT2D eigenvalue weighted by molar-refractivity contribution is 0.192. The Morgan fingerprint density at radius 1 is 1.47 bits per heavy atom. The van der Waals surface area contributed by atoms with Crippen molar-refractivity contribution in [2.24, 2.45) is 0 Å². The van der Waals surface area contributed by atoms with Crippen LogP contribution in [0.3, 0.4) is 0 Å². The molecule has 1 aromatic carbocycles. The lowest BCUT2D eigenvalue weighted by Crippen LogP contribution is -2.35. The van der Waals surface area contributed by atoms with Crippen LogP contribution in [0.4, 0.5) is 0 Å². The summed E-state index contributed by atoms with van der Waals surface area (Å²) in [6.45, 7) is 2.85. The average Bonchev–Trinajstić information content (AvgIpc) is 2.73. The van der Waals surface area contributed by atoms with Gasteiger partial charge in [0.2, 0.25) is 10.0 Å². The molecule has 0 aliphatic carbocycles. The Morgan fingerprint density at radius 3 is 2.88 bits per heavy atom. The molecule has 94 valence electrons. The molecule has 1 N–H and O–H groups in total. The van der Waals surface area contributed by atoms with E-state index in [-0.39, 0.29) is 6.04 Å². The van der Waals surface area contributed by atoms with E-state index in [1.807, 2.05) is 6.07 Å². The highest BCUT2D eigenvalue weighted by Gasteiger charge is 2.24. The quantitative estimate of drug-likeness (QED) is 0.924. The largest absolute Gasteiger partial charge is 0.380 e. The van der Waals surface area contributed by atoms with E-state index in [9.17, 15) is 8.42 Å². The number of hydrogen-bond acceptors (Lipinski definition) is 3. The second kappa shape index (κ2) is 5.06. The van der Waals surface area contributed by atoms with Gasteiger partial charge in [-0.15, -0.1) is 0 Å². The minimum atomic E-state index is -3.46. The van der Waals surface area contributed by atoms with Gasteiger partial charge in [0.25, 0.3) is 0 Å². The second-order valence-corrected chi connectivity index (χ2v) is 6.69. The first-order valence-electron chi connectivity index (χ1n) is 5.35. The van der Waals surface area contributed by atoms with Gasteiger partial charge in [0, 0.05) is 17.1 Å². The maximum Gasteiger partial charge on any atom is 0.241 e. The number of benzene rings is 1. The van der Waals surface area contributed by atoms with Gasteiger partial charge in [0.1, 0.15) is 0 Å². The molecule has 0 aromatic heterocycles. The van der Waals surface area contributed by atoms with Crippen molar-refractivity contribution in [3.05, 3.63) is 28.2 Å². The maximum absolute atomic E-state index is 12.2. The second-order valence-electron chi connectivity index (χ2n) is 4.09. The van der Waals surface area contributed by atoms with Gasteiger partial charge in [-0.25, -0.2) is 13.1 Å². The summed E-state index contributed by atoms with van der Waals surface area (Å²) in [5.41, 5.74) is 0.736. The Bertz CT molecular complexity index is 509. The van der Waals surface area contributed by atoms with Crippen molar-refractivity contribution < 1.29 is 13.2 Å². The van der Waals surface area contributed by atoms with Crippen molar-refractivity contribution >= 4 is 26.0 Å². The summed E-state index contributed by atoms with van der Waals surface area (Å²) >= 11 is 3.28. The molecule has 6 heteroatoms. The van der Waals surface area contributed by atoms with Gasteiger partial charge < -0.3 is 4.74 Å². The molecule has 4 nitrogen and oxygen atoms in total. The smallest absolute Gasteiger partial charge is 0.241 e. The Kier molecular flexibility index (Phi) is 3.87. The molecule has 1 aromatic rings. The predicted octanol–water partition coefficient (Wildman–Crippen LogP) is 1.82. The Balaban J connectivity index is 2.27. The summed E-state index contributed by atoms with van der Waals surface area (Å²) in [6.07, 6.45) is 0.728. The zero-order valence-electron chi connectivity index (χ0n) is 9.44. The van der Waals surface area contributed by atoms with Gasteiger partial charge in [-0.1, -0.05) is 22.0 Å². The lowest BCUT2D eigenvalue weighted by Gasteiger charge is -2.13. The van der Waals surface area contributed by atoms with Crippen molar-refractivity contribution in [2.45, 2.75) is 24.3 Å². The molecule has 1 unspecified atom stereocenters. The first kappa shape index (κ1) is 13.0. The zero-order chi connectivity index (χ0) is 12.5. The molecule has 0 amide bonds. The van der Waals surface area contributed by atoms with Gasteiger partial charge in [-0.05, 0) is 31.0 Å². The van der Waals surface area contributed by atoms with Gasteiger partial charge in [0.15, 0.2) is 0 Å². The number of halogens is 1. The van der Waals surface area contributed by atoms with E-state index in [1.54, 1.807) is 19.1 Å². The van der Waals surface area contributed by atoms with E-state index in [2.05, 4.69) is 20.7 Å². The third kappa shape index (κ3) is 3.07. The van der Waals surface area contributed by atoms with Crippen LogP contribution in [0, 0.1) is 6.92 Å². The minimum absolute atomic E-state index is 0.113. The Labute approximate surface area is 110 Å². The van der Waals surface area contributed by atoms with Crippen LogP contribution in [0.5, 0.6) is 0 Å². The predicted molar refractivity (Wildman–Crippen MR) is 68.4 cm³/mol. The summed E-state index contributed by atoms with van der Waals surface area (Å²) in [5.74, 6) is 0. The molecule has 0 radical (unpaired) electrons. The molecule has 17 heavy (non-hydrogen) atoms. The SMILES string of the molecule is Cc1ccc(Br)cc1S(=O)(=O)NC1CCOC1. The van der Waals surface area contributed by atoms with Gasteiger partial charge in [-0.2, -0.15) is 0 Å². The lowest BCUT2D eigenvalue weighted by atomic mass is 10.2. The highest BCUT2D eigenvalue weighted by Crippen LogP contribution is 2.21. The Hall–Kier alpha value is -0.430. The fraction of sp³-hybridized carbons (Fsp3) is 0.455. The van der Waals surface area contributed by atoms with Gasteiger partial charge in [-0.3, -0.25) is 0 Å². The van der Waals surface area contributed by atoms with E-state index >= 15 is 0 Å². The van der Waals surface area contributed by atoms with Crippen LogP contribution in [0.1, 0.15) is 12.0 Å². The van der Waals surface area contributed by atoms with Crippen LogP contribution in [0.2, 0.25) is 0 Å².